The van der Waals surface area contributed by atoms with E-state index >= 15 is 0 Å². The van der Waals surface area contributed by atoms with Crippen molar-refractivity contribution in [3.8, 4) is 0 Å². The van der Waals surface area contributed by atoms with Gasteiger partial charge in [0.2, 0.25) is 0 Å². The second-order valence-corrected chi connectivity index (χ2v) is 3.57. The molecular formula is C7H13ClO. The fraction of sp³-hybridized carbons (Fsp3) is 1.00. The van der Waals surface area contributed by atoms with Crippen molar-refractivity contribution < 1.29 is 5.11 Å². The first-order chi connectivity index (χ1) is 4.22. The summed E-state index contributed by atoms with van der Waals surface area (Å²) in [4.78, 5) is 0. The lowest BCUT2D eigenvalue weighted by atomic mass is 9.64. The summed E-state index contributed by atoms with van der Waals surface area (Å²) in [5.41, 5.74) is 0.0982. The third-order valence-corrected chi connectivity index (χ3v) is 2.75. The van der Waals surface area contributed by atoms with Crippen LogP contribution in [-0.2, 0) is 0 Å². The highest BCUT2D eigenvalue weighted by atomic mass is 35.5. The molecule has 1 N–H and O–H groups in total. The van der Waals surface area contributed by atoms with Gasteiger partial charge in [0.15, 0.2) is 0 Å². The summed E-state index contributed by atoms with van der Waals surface area (Å²) in [6, 6.07) is 0. The van der Waals surface area contributed by atoms with Gasteiger partial charge in [-0.15, -0.1) is 11.6 Å². The highest BCUT2D eigenvalue weighted by Crippen LogP contribution is 2.45. The summed E-state index contributed by atoms with van der Waals surface area (Å²) in [6.45, 7) is 2.46. The number of halogens is 1. The Bertz CT molecular complexity index is 91.1. The molecule has 1 aliphatic carbocycles. The Morgan fingerprint density at radius 2 is 2.22 bits per heavy atom. The van der Waals surface area contributed by atoms with E-state index in [0.29, 0.717) is 5.88 Å². The number of alkyl halides is 1. The molecule has 1 fully saturated rings. The lowest BCUT2D eigenvalue weighted by Gasteiger charge is -2.43. The largest absolute Gasteiger partial charge is 0.396 e. The zero-order valence-corrected chi connectivity index (χ0v) is 6.49. The molecule has 1 rings (SSSR count). The minimum Gasteiger partial charge on any atom is -0.396 e. The molecule has 0 saturated heterocycles. The molecule has 0 aromatic carbocycles. The monoisotopic (exact) mass is 148 g/mol. The first-order valence-electron chi connectivity index (χ1n) is 3.39. The van der Waals surface area contributed by atoms with Crippen LogP contribution in [0.2, 0.25) is 0 Å². The van der Waals surface area contributed by atoms with Crippen LogP contribution in [0.3, 0.4) is 0 Å². The Morgan fingerprint density at radius 3 is 2.33 bits per heavy atom. The zero-order valence-electron chi connectivity index (χ0n) is 5.73. The number of hydrogen-bond acceptors (Lipinski definition) is 1. The van der Waals surface area contributed by atoms with Crippen LogP contribution in [0.25, 0.3) is 0 Å². The minimum atomic E-state index is 0.0982. The van der Waals surface area contributed by atoms with Crippen LogP contribution in [0.5, 0.6) is 0 Å². The van der Waals surface area contributed by atoms with E-state index in [4.69, 9.17) is 16.7 Å². The van der Waals surface area contributed by atoms with Crippen LogP contribution >= 0.6 is 11.6 Å². The van der Waals surface area contributed by atoms with Gasteiger partial charge in [-0.05, 0) is 18.8 Å². The Kier molecular flexibility index (Phi) is 2.02. The van der Waals surface area contributed by atoms with Crippen LogP contribution in [0.15, 0.2) is 0 Å². The van der Waals surface area contributed by atoms with Crippen LogP contribution in [0, 0.1) is 11.3 Å². The molecule has 0 aromatic rings. The van der Waals surface area contributed by atoms with Crippen LogP contribution in [0.4, 0.5) is 0 Å². The van der Waals surface area contributed by atoms with E-state index in [1.807, 2.05) is 0 Å². The molecule has 9 heavy (non-hydrogen) atoms. The van der Waals surface area contributed by atoms with E-state index in [0.717, 1.165) is 18.8 Å². The molecule has 0 radical (unpaired) electrons. The maximum absolute atomic E-state index is 8.87. The Labute approximate surface area is 61.0 Å². The lowest BCUT2D eigenvalue weighted by molar-refractivity contribution is 0.0231. The molecule has 0 spiro atoms. The summed E-state index contributed by atoms with van der Waals surface area (Å²) in [5.74, 6) is 1.39. The SMILES string of the molecule is CC1CC(CO)(CCl)C1. The second-order valence-electron chi connectivity index (χ2n) is 3.31. The number of hydrogen-bond donors (Lipinski definition) is 1. The van der Waals surface area contributed by atoms with Crippen LogP contribution < -0.4 is 0 Å². The standard InChI is InChI=1S/C7H13ClO/c1-6-2-7(3-6,4-8)5-9/h6,9H,2-5H2,1H3. The molecule has 54 valence electrons. The normalized spacial score (nSPS) is 42.3. The maximum atomic E-state index is 8.87. The van der Waals surface area contributed by atoms with E-state index < -0.39 is 0 Å². The Balaban J connectivity index is 2.36. The second kappa shape index (κ2) is 2.47. The summed E-state index contributed by atoms with van der Waals surface area (Å²) in [7, 11) is 0. The van der Waals surface area contributed by atoms with E-state index in [9.17, 15) is 0 Å². The van der Waals surface area contributed by atoms with E-state index in [2.05, 4.69) is 6.92 Å². The third-order valence-electron chi connectivity index (χ3n) is 2.18. The number of rotatable bonds is 2. The van der Waals surface area contributed by atoms with Crippen molar-refractivity contribution in [1.29, 1.82) is 0 Å². The smallest absolute Gasteiger partial charge is 0.0499 e. The van der Waals surface area contributed by atoms with Gasteiger partial charge in [-0.3, -0.25) is 0 Å². The van der Waals surface area contributed by atoms with Crippen molar-refractivity contribution in [3.05, 3.63) is 0 Å². The zero-order chi connectivity index (χ0) is 6.91. The van der Waals surface area contributed by atoms with Gasteiger partial charge >= 0.3 is 0 Å². The molecule has 2 heteroatoms. The molecule has 0 heterocycles. The molecule has 1 aliphatic rings. The quantitative estimate of drug-likeness (QED) is 0.591. The molecule has 0 atom stereocenters. The molecule has 0 amide bonds. The van der Waals surface area contributed by atoms with E-state index in [1.54, 1.807) is 0 Å². The van der Waals surface area contributed by atoms with Gasteiger partial charge in [-0.2, -0.15) is 0 Å². The van der Waals surface area contributed by atoms with Gasteiger partial charge in [-0.25, -0.2) is 0 Å². The molecule has 0 bridgehead atoms. The maximum Gasteiger partial charge on any atom is 0.0499 e. The molecule has 1 nitrogen and oxygen atoms in total. The van der Waals surface area contributed by atoms with E-state index in [1.165, 1.54) is 0 Å². The van der Waals surface area contributed by atoms with Crippen molar-refractivity contribution >= 4 is 11.6 Å². The van der Waals surface area contributed by atoms with Gasteiger partial charge in [0.05, 0.1) is 0 Å². The average Bonchev–Trinajstić information content (AvgIpc) is 1.81. The van der Waals surface area contributed by atoms with Gasteiger partial charge in [0.1, 0.15) is 0 Å². The van der Waals surface area contributed by atoms with Crippen molar-refractivity contribution in [1.82, 2.24) is 0 Å². The van der Waals surface area contributed by atoms with Crippen LogP contribution in [0.1, 0.15) is 19.8 Å². The number of aliphatic hydroxyl groups excluding tert-OH is 1. The van der Waals surface area contributed by atoms with Crippen molar-refractivity contribution in [3.63, 3.8) is 0 Å². The summed E-state index contributed by atoms with van der Waals surface area (Å²) in [5, 5.41) is 8.87. The fourth-order valence-corrected chi connectivity index (χ4v) is 2.00. The highest BCUT2D eigenvalue weighted by molar-refractivity contribution is 6.18. The van der Waals surface area contributed by atoms with Gasteiger partial charge in [-0.1, -0.05) is 6.92 Å². The van der Waals surface area contributed by atoms with Gasteiger partial charge in [0, 0.05) is 17.9 Å². The highest BCUT2D eigenvalue weighted by Gasteiger charge is 2.40. The van der Waals surface area contributed by atoms with Crippen molar-refractivity contribution in [2.45, 2.75) is 19.8 Å². The fourth-order valence-electron chi connectivity index (χ4n) is 1.70. The molecular weight excluding hydrogens is 136 g/mol. The Morgan fingerprint density at radius 1 is 1.67 bits per heavy atom. The summed E-state index contributed by atoms with van der Waals surface area (Å²) in [6.07, 6.45) is 2.21. The molecule has 0 aromatic heterocycles. The predicted octanol–water partition coefficient (Wildman–Crippen LogP) is 1.63. The van der Waals surface area contributed by atoms with Crippen LogP contribution in [-0.4, -0.2) is 17.6 Å². The molecule has 0 aliphatic heterocycles. The average molecular weight is 149 g/mol. The predicted molar refractivity (Wildman–Crippen MR) is 38.6 cm³/mol. The van der Waals surface area contributed by atoms with Crippen molar-refractivity contribution in [2.75, 3.05) is 12.5 Å². The molecule has 0 unspecified atom stereocenters. The topological polar surface area (TPSA) is 20.2 Å². The third kappa shape index (κ3) is 1.22. The van der Waals surface area contributed by atoms with Gasteiger partial charge in [0.25, 0.3) is 0 Å². The lowest BCUT2D eigenvalue weighted by Crippen LogP contribution is -2.40. The van der Waals surface area contributed by atoms with Gasteiger partial charge < -0.3 is 5.11 Å². The first kappa shape index (κ1) is 7.36. The first-order valence-corrected chi connectivity index (χ1v) is 3.93. The summed E-state index contributed by atoms with van der Waals surface area (Å²) < 4.78 is 0. The molecule has 1 saturated carbocycles. The van der Waals surface area contributed by atoms with E-state index in [-0.39, 0.29) is 12.0 Å². The Hall–Kier alpha value is 0.250. The number of aliphatic hydroxyl groups is 1. The minimum absolute atomic E-state index is 0.0982. The van der Waals surface area contributed by atoms with Crippen molar-refractivity contribution in [2.24, 2.45) is 11.3 Å². The summed E-state index contributed by atoms with van der Waals surface area (Å²) >= 11 is 5.67.